The highest BCUT2D eigenvalue weighted by Crippen LogP contribution is 2.43. The van der Waals surface area contributed by atoms with E-state index in [0.717, 1.165) is 44.0 Å². The van der Waals surface area contributed by atoms with E-state index in [-0.39, 0.29) is 18.6 Å². The molecule has 3 fully saturated rings. The van der Waals surface area contributed by atoms with Crippen molar-refractivity contribution in [1.82, 2.24) is 20.3 Å². The van der Waals surface area contributed by atoms with Crippen molar-refractivity contribution in [2.45, 2.75) is 144 Å². The number of hydrogen-bond donors (Lipinski definition) is 5. The molecule has 13 heteroatoms. The molecule has 1 aromatic rings. The zero-order valence-electron chi connectivity index (χ0n) is 33.0. The summed E-state index contributed by atoms with van der Waals surface area (Å²) in [7, 11) is 0. The number of nitrogens with one attached hydrogen (secondary N) is 3. The number of carbonyl (C=O) groups is 6. The summed E-state index contributed by atoms with van der Waals surface area (Å²) in [5, 5.41) is 5.20. The van der Waals surface area contributed by atoms with Gasteiger partial charge >= 0.3 is 12.0 Å². The molecule has 1 aliphatic heterocycles. The van der Waals surface area contributed by atoms with Crippen molar-refractivity contribution < 1.29 is 33.5 Å². The second kappa shape index (κ2) is 26.3. The molecule has 0 radical (unpaired) electrons. The topological polar surface area (TPSA) is 177 Å². The largest absolute Gasteiger partial charge is 0.456 e. The molecule has 2 aliphatic carbocycles. The third kappa shape index (κ3) is 18.9. The lowest BCUT2D eigenvalue weighted by Crippen LogP contribution is -2.58. The molecule has 1 saturated heterocycles. The van der Waals surface area contributed by atoms with Gasteiger partial charge in [0.25, 0.3) is 5.91 Å². The average molecular weight is 750 g/mol. The lowest BCUT2D eigenvalue weighted by Gasteiger charge is -2.34. The summed E-state index contributed by atoms with van der Waals surface area (Å²) in [6.45, 7) is 18.2. The summed E-state index contributed by atoms with van der Waals surface area (Å²) in [4.78, 5) is 72.3. The summed E-state index contributed by atoms with van der Waals surface area (Å²) in [6, 6.07) is 7.17. The van der Waals surface area contributed by atoms with E-state index in [1.807, 2.05) is 65.0 Å². The van der Waals surface area contributed by atoms with Crippen LogP contribution in [0.1, 0.15) is 132 Å². The number of ether oxygens (including phenoxy) is 1. The molecule has 0 bridgehead atoms. The number of ketones is 1. The predicted molar refractivity (Wildman–Crippen MR) is 209 cm³/mol. The Morgan fingerprint density at radius 2 is 1.52 bits per heavy atom. The third-order valence-electron chi connectivity index (χ3n) is 7.94. The molecule has 2 saturated carbocycles. The van der Waals surface area contributed by atoms with Crippen molar-refractivity contribution in [3.8, 4) is 0 Å². The molecular formula is C39H67N5O7S. The number of rotatable bonds is 13. The molecule has 4 amide bonds. The van der Waals surface area contributed by atoms with E-state index in [9.17, 15) is 28.8 Å². The van der Waals surface area contributed by atoms with Crippen LogP contribution in [-0.4, -0.2) is 72.0 Å². The van der Waals surface area contributed by atoms with Crippen molar-refractivity contribution in [1.29, 1.82) is 0 Å². The molecule has 5 N–H and O–H groups in total. The van der Waals surface area contributed by atoms with Gasteiger partial charge in [-0.05, 0) is 49.0 Å². The molecule has 4 atom stereocenters. The number of primary amides is 1. The number of esters is 1. The summed E-state index contributed by atoms with van der Waals surface area (Å²) >= 11 is 3.77. The standard InChI is InChI=1S/C24H33N3O5.C7H12N2O2S.2C3H8.C2H6/c1-24(2,3)21(22(30)27-13-7-10-18(27)15-28)26-23(31)25-14-19(29)32-20(17-11-12-17)16-8-5-4-6-9-16;8-7(11)6(10)5(9-12)3-4-1-2-4;2*1-3-2;1-2/h4-6,8-9,15,17-18,20-21H,7,10-14H2,1-3H3,(H2,25,26,31);4-5,9,12H,1-3H2,(H2,8,11);2*3H2,1-2H3;1-2H3/t18?,20?,21-;;;;/m1..../s1. The fraction of sp³-hybridized carbons (Fsp3) is 0.692. The molecule has 296 valence electrons. The van der Waals surface area contributed by atoms with Crippen molar-refractivity contribution >= 4 is 48.7 Å². The van der Waals surface area contributed by atoms with Crippen LogP contribution >= 0.6 is 12.8 Å². The van der Waals surface area contributed by atoms with E-state index in [1.165, 1.54) is 17.7 Å². The number of urea groups is 1. The van der Waals surface area contributed by atoms with Gasteiger partial charge in [0.1, 0.15) is 25.0 Å². The Balaban J connectivity index is 0.00000107. The number of nitrogens with zero attached hydrogens (tertiary/aromatic N) is 1. The average Bonchev–Trinajstić information content (AvgIpc) is 4.07. The summed E-state index contributed by atoms with van der Waals surface area (Å²) in [5.74, 6) is -1.40. The predicted octanol–water partition coefficient (Wildman–Crippen LogP) is 6.09. The molecule has 1 aromatic carbocycles. The molecule has 1 heterocycles. The fourth-order valence-electron chi connectivity index (χ4n) is 5.10. The van der Waals surface area contributed by atoms with Crippen LogP contribution in [0.3, 0.4) is 0 Å². The lowest BCUT2D eigenvalue weighted by molar-refractivity contribution is -0.149. The minimum absolute atomic E-state index is 0.289. The number of Topliss-reactive ketones (excluding diaryl/α,β-unsaturated/α-hetero) is 1. The SMILES string of the molecule is CC.CC(C)(C)[C@H](NC(=O)NCC(=O)OC(c1ccccc1)C1CC1)C(=O)N1CCCC1C=O.CCC.CCC.NC(=O)C(=O)C(CC1CC1)NS. The number of hydrogen-bond acceptors (Lipinski definition) is 9. The van der Waals surface area contributed by atoms with Gasteiger partial charge in [0.05, 0.1) is 12.1 Å². The van der Waals surface area contributed by atoms with Crippen LogP contribution in [0.15, 0.2) is 30.3 Å². The highest BCUT2D eigenvalue weighted by molar-refractivity contribution is 7.78. The van der Waals surface area contributed by atoms with Crippen molar-refractivity contribution in [3.63, 3.8) is 0 Å². The number of thiol groups is 1. The van der Waals surface area contributed by atoms with Gasteiger partial charge in [-0.2, -0.15) is 0 Å². The van der Waals surface area contributed by atoms with E-state index >= 15 is 0 Å². The van der Waals surface area contributed by atoms with Gasteiger partial charge in [0.2, 0.25) is 11.7 Å². The van der Waals surface area contributed by atoms with Crippen LogP contribution in [0.2, 0.25) is 0 Å². The number of carbonyl (C=O) groups excluding carboxylic acids is 6. The first-order valence-electron chi connectivity index (χ1n) is 19.0. The van der Waals surface area contributed by atoms with Gasteiger partial charge in [-0.25, -0.2) is 4.79 Å². The zero-order valence-corrected chi connectivity index (χ0v) is 33.9. The van der Waals surface area contributed by atoms with Gasteiger partial charge in [-0.3, -0.25) is 23.9 Å². The van der Waals surface area contributed by atoms with Gasteiger partial charge in [-0.15, -0.1) is 0 Å². The third-order valence-corrected chi connectivity index (χ3v) is 8.25. The minimum atomic E-state index is -0.887. The van der Waals surface area contributed by atoms with Crippen molar-refractivity contribution in [2.24, 2.45) is 23.0 Å². The maximum atomic E-state index is 13.1. The monoisotopic (exact) mass is 749 g/mol. The molecule has 3 unspecified atom stereocenters. The van der Waals surface area contributed by atoms with E-state index in [4.69, 9.17) is 10.5 Å². The van der Waals surface area contributed by atoms with E-state index in [1.54, 1.807) is 0 Å². The first kappa shape index (κ1) is 48.5. The fourth-order valence-corrected chi connectivity index (χ4v) is 5.32. The highest BCUT2D eigenvalue weighted by Gasteiger charge is 2.40. The first-order valence-corrected chi connectivity index (χ1v) is 19.4. The Bertz CT molecular complexity index is 1220. The van der Waals surface area contributed by atoms with Crippen LogP contribution in [0, 0.1) is 17.3 Å². The number of amides is 4. The molecule has 12 nitrogen and oxygen atoms in total. The number of benzene rings is 1. The second-order valence-electron chi connectivity index (χ2n) is 14.2. The highest BCUT2D eigenvalue weighted by atomic mass is 32.1. The lowest BCUT2D eigenvalue weighted by atomic mass is 9.85. The Morgan fingerprint density at radius 1 is 0.962 bits per heavy atom. The number of likely N-dealkylation sites (tertiary alicyclic amines) is 1. The first-order chi connectivity index (χ1) is 24.7. The smallest absolute Gasteiger partial charge is 0.326 e. The van der Waals surface area contributed by atoms with Gasteiger partial charge < -0.3 is 30.8 Å². The Hall–Kier alpha value is -3.45. The Morgan fingerprint density at radius 3 is 1.96 bits per heavy atom. The Kier molecular flexibility index (Phi) is 24.6. The normalized spacial score (nSPS) is 17.6. The Labute approximate surface area is 318 Å². The van der Waals surface area contributed by atoms with Crippen LogP contribution in [0.5, 0.6) is 0 Å². The van der Waals surface area contributed by atoms with Crippen molar-refractivity contribution in [2.75, 3.05) is 13.1 Å². The van der Waals surface area contributed by atoms with Crippen molar-refractivity contribution in [3.05, 3.63) is 35.9 Å². The molecular weight excluding hydrogens is 683 g/mol. The summed E-state index contributed by atoms with van der Waals surface area (Å²) < 4.78 is 8.14. The van der Waals surface area contributed by atoms with Gasteiger partial charge in [0, 0.05) is 12.5 Å². The molecule has 4 rings (SSSR count). The van der Waals surface area contributed by atoms with Crippen LogP contribution in [-0.2, 0) is 28.7 Å². The second-order valence-corrected chi connectivity index (χ2v) is 14.4. The van der Waals surface area contributed by atoms with Gasteiger partial charge in [0.15, 0.2) is 0 Å². The van der Waals surface area contributed by atoms with E-state index in [2.05, 4.69) is 55.9 Å². The molecule has 52 heavy (non-hydrogen) atoms. The summed E-state index contributed by atoms with van der Waals surface area (Å²) in [6.07, 6.45) is 9.32. The van der Waals surface area contributed by atoms with Crippen LogP contribution in [0.4, 0.5) is 4.79 Å². The quantitative estimate of drug-likeness (QED) is 0.0697. The molecule has 0 spiro atoms. The zero-order chi connectivity index (χ0) is 39.9. The van der Waals surface area contributed by atoms with E-state index < -0.39 is 47.2 Å². The van der Waals surface area contributed by atoms with E-state index in [0.29, 0.717) is 31.2 Å². The molecule has 0 aromatic heterocycles. The van der Waals surface area contributed by atoms with Crippen LogP contribution in [0.25, 0.3) is 0 Å². The molecule has 3 aliphatic rings. The van der Waals surface area contributed by atoms with Gasteiger partial charge in [-0.1, -0.05) is 131 Å². The summed E-state index contributed by atoms with van der Waals surface area (Å²) in [5.41, 5.74) is 5.22. The number of nitrogens with two attached hydrogens (primary N) is 1. The maximum absolute atomic E-state index is 13.1. The van der Waals surface area contributed by atoms with Crippen LogP contribution < -0.4 is 21.1 Å². The number of aldehydes is 1. The maximum Gasteiger partial charge on any atom is 0.326 e. The minimum Gasteiger partial charge on any atom is -0.456 e.